The molecule has 106 valence electrons. The number of anilines is 1. The molecule has 0 fully saturated rings. The second-order valence-electron chi connectivity index (χ2n) is 4.24. The first-order valence-corrected chi connectivity index (χ1v) is 7.76. The van der Waals surface area contributed by atoms with Gasteiger partial charge in [-0.25, -0.2) is 13.4 Å². The normalized spacial score (nSPS) is 11.2. The highest BCUT2D eigenvalue weighted by molar-refractivity contribution is 7.92. The number of H-pyrrole nitrogens is 1. The van der Waals surface area contributed by atoms with E-state index >= 15 is 0 Å². The second kappa shape index (κ2) is 5.87. The average molecular weight is 293 g/mol. The molecule has 0 spiro atoms. The first kappa shape index (κ1) is 14.3. The molecule has 0 aliphatic carbocycles. The lowest BCUT2D eigenvalue weighted by atomic mass is 10.0. The van der Waals surface area contributed by atoms with Crippen molar-refractivity contribution >= 4 is 22.0 Å². The lowest BCUT2D eigenvalue weighted by Crippen LogP contribution is -2.16. The number of carbonyl (C=O) groups is 1. The van der Waals surface area contributed by atoms with Crippen LogP contribution in [0.25, 0.3) is 0 Å². The number of aromatic amines is 1. The van der Waals surface area contributed by atoms with Crippen molar-refractivity contribution in [3.8, 4) is 0 Å². The van der Waals surface area contributed by atoms with Gasteiger partial charge in [-0.2, -0.15) is 0 Å². The summed E-state index contributed by atoms with van der Waals surface area (Å²) >= 11 is 0. The molecule has 0 saturated carbocycles. The van der Waals surface area contributed by atoms with Crippen molar-refractivity contribution in [1.82, 2.24) is 9.97 Å². The van der Waals surface area contributed by atoms with Crippen LogP contribution in [0, 0.1) is 0 Å². The number of nitrogens with zero attached hydrogens (tertiary/aromatic N) is 1. The number of nitrogens with one attached hydrogen (secondary N) is 2. The van der Waals surface area contributed by atoms with Crippen molar-refractivity contribution in [2.45, 2.75) is 13.3 Å². The van der Waals surface area contributed by atoms with E-state index < -0.39 is 10.0 Å². The number of imidazole rings is 1. The zero-order valence-corrected chi connectivity index (χ0v) is 11.8. The molecule has 0 bridgehead atoms. The third-order valence-corrected chi connectivity index (χ3v) is 4.18. The number of hydrogen-bond acceptors (Lipinski definition) is 4. The minimum atomic E-state index is -3.41. The maximum Gasteiger partial charge on any atom is 0.232 e. The van der Waals surface area contributed by atoms with Crippen LogP contribution in [0.4, 0.5) is 5.69 Å². The number of rotatable bonds is 6. The van der Waals surface area contributed by atoms with E-state index in [2.05, 4.69) is 14.7 Å². The standard InChI is InChI=1S/C13H15N3O3S/c1-2-20(18,19)16-13-5-3-4-10(12(13)8-17)6-11-7-14-9-15-11/h3-5,7-9,16H,2,6H2,1H3,(H,14,15). The fourth-order valence-corrected chi connectivity index (χ4v) is 2.48. The fraction of sp³-hybridized carbons (Fsp3) is 0.231. The van der Waals surface area contributed by atoms with E-state index in [1.165, 1.54) is 6.92 Å². The minimum absolute atomic E-state index is 0.0467. The van der Waals surface area contributed by atoms with Crippen molar-refractivity contribution in [3.63, 3.8) is 0 Å². The molecule has 0 radical (unpaired) electrons. The Hall–Kier alpha value is -2.15. The maximum absolute atomic E-state index is 11.6. The van der Waals surface area contributed by atoms with Crippen LogP contribution in [0.2, 0.25) is 0 Å². The Kier molecular flexibility index (Phi) is 4.19. The van der Waals surface area contributed by atoms with Crippen LogP contribution in [0.3, 0.4) is 0 Å². The summed E-state index contributed by atoms with van der Waals surface area (Å²) in [6, 6.07) is 5.07. The molecule has 0 amide bonds. The van der Waals surface area contributed by atoms with E-state index in [9.17, 15) is 13.2 Å². The summed E-state index contributed by atoms with van der Waals surface area (Å²) in [6.07, 6.45) is 4.41. The largest absolute Gasteiger partial charge is 0.351 e. The summed E-state index contributed by atoms with van der Waals surface area (Å²) in [5.74, 6) is -0.0467. The molecule has 20 heavy (non-hydrogen) atoms. The molecule has 2 rings (SSSR count). The van der Waals surface area contributed by atoms with E-state index in [0.29, 0.717) is 24.0 Å². The highest BCUT2D eigenvalue weighted by Crippen LogP contribution is 2.21. The van der Waals surface area contributed by atoms with Gasteiger partial charge in [0.05, 0.1) is 23.5 Å². The lowest BCUT2D eigenvalue weighted by Gasteiger charge is -2.11. The van der Waals surface area contributed by atoms with E-state index in [1.807, 2.05) is 0 Å². The number of benzene rings is 1. The first-order chi connectivity index (χ1) is 9.55. The molecule has 0 aliphatic rings. The van der Waals surface area contributed by atoms with Gasteiger partial charge in [0.2, 0.25) is 10.0 Å². The minimum Gasteiger partial charge on any atom is -0.351 e. The predicted molar refractivity (Wildman–Crippen MR) is 76.3 cm³/mol. The molecule has 2 aromatic rings. The number of aromatic nitrogens is 2. The summed E-state index contributed by atoms with van der Waals surface area (Å²) in [5, 5.41) is 0. The number of aldehydes is 1. The van der Waals surface area contributed by atoms with Crippen molar-refractivity contribution in [3.05, 3.63) is 47.5 Å². The Morgan fingerprint density at radius 2 is 2.20 bits per heavy atom. The summed E-state index contributed by atoms with van der Waals surface area (Å²) in [6.45, 7) is 1.54. The Morgan fingerprint density at radius 1 is 1.40 bits per heavy atom. The van der Waals surface area contributed by atoms with Crippen molar-refractivity contribution in [2.24, 2.45) is 0 Å². The van der Waals surface area contributed by atoms with Crippen LogP contribution in [0.5, 0.6) is 0 Å². The zero-order valence-electron chi connectivity index (χ0n) is 11.0. The molecular formula is C13H15N3O3S. The van der Waals surface area contributed by atoms with E-state index in [4.69, 9.17) is 0 Å². The lowest BCUT2D eigenvalue weighted by molar-refractivity contribution is 0.112. The SMILES string of the molecule is CCS(=O)(=O)Nc1cccc(Cc2c[nH]cn2)c1C=O. The van der Waals surface area contributed by atoms with Gasteiger partial charge in [0.1, 0.15) is 0 Å². The Labute approximate surface area is 117 Å². The quantitative estimate of drug-likeness (QED) is 0.791. The predicted octanol–water partition coefficient (Wildman–Crippen LogP) is 1.57. The molecule has 0 saturated heterocycles. The topological polar surface area (TPSA) is 91.9 Å². The third kappa shape index (κ3) is 3.24. The monoisotopic (exact) mass is 293 g/mol. The summed E-state index contributed by atoms with van der Waals surface area (Å²) < 4.78 is 25.7. The molecule has 7 heteroatoms. The molecule has 6 nitrogen and oxygen atoms in total. The van der Waals surface area contributed by atoms with Gasteiger partial charge in [-0.05, 0) is 18.6 Å². The Balaban J connectivity index is 2.37. The molecule has 1 heterocycles. The van der Waals surface area contributed by atoms with E-state index in [1.54, 1.807) is 30.7 Å². The van der Waals surface area contributed by atoms with Gasteiger partial charge in [0.25, 0.3) is 0 Å². The summed E-state index contributed by atoms with van der Waals surface area (Å²) in [4.78, 5) is 18.2. The van der Waals surface area contributed by atoms with Crippen molar-refractivity contribution < 1.29 is 13.2 Å². The van der Waals surface area contributed by atoms with Crippen LogP contribution in [0.1, 0.15) is 28.5 Å². The van der Waals surface area contributed by atoms with Crippen LogP contribution in [-0.2, 0) is 16.4 Å². The fourth-order valence-electron chi connectivity index (χ4n) is 1.82. The van der Waals surface area contributed by atoms with Crippen LogP contribution < -0.4 is 4.72 Å². The molecule has 2 N–H and O–H groups in total. The molecule has 0 aliphatic heterocycles. The third-order valence-electron chi connectivity index (χ3n) is 2.89. The zero-order chi connectivity index (χ0) is 14.6. The van der Waals surface area contributed by atoms with Crippen molar-refractivity contribution in [2.75, 3.05) is 10.5 Å². The van der Waals surface area contributed by atoms with Crippen LogP contribution >= 0.6 is 0 Å². The van der Waals surface area contributed by atoms with Gasteiger partial charge >= 0.3 is 0 Å². The first-order valence-electron chi connectivity index (χ1n) is 6.11. The number of carbonyl (C=O) groups excluding carboxylic acids is 1. The summed E-state index contributed by atoms with van der Waals surface area (Å²) in [7, 11) is -3.41. The highest BCUT2D eigenvalue weighted by Gasteiger charge is 2.13. The van der Waals surface area contributed by atoms with Gasteiger partial charge in [-0.15, -0.1) is 0 Å². The van der Waals surface area contributed by atoms with Gasteiger partial charge in [-0.3, -0.25) is 9.52 Å². The van der Waals surface area contributed by atoms with Crippen LogP contribution in [0.15, 0.2) is 30.7 Å². The van der Waals surface area contributed by atoms with E-state index in [0.717, 1.165) is 11.3 Å². The smallest absolute Gasteiger partial charge is 0.232 e. The van der Waals surface area contributed by atoms with Gasteiger partial charge in [0.15, 0.2) is 6.29 Å². The molecule has 1 aromatic carbocycles. The van der Waals surface area contributed by atoms with Gasteiger partial charge < -0.3 is 4.98 Å². The number of sulfonamides is 1. The Bertz CT molecular complexity index is 694. The summed E-state index contributed by atoms with van der Waals surface area (Å²) in [5.41, 5.74) is 2.15. The second-order valence-corrected chi connectivity index (χ2v) is 6.25. The molecular weight excluding hydrogens is 278 g/mol. The van der Waals surface area contributed by atoms with Gasteiger partial charge in [-0.1, -0.05) is 12.1 Å². The van der Waals surface area contributed by atoms with Crippen LogP contribution in [-0.4, -0.2) is 30.4 Å². The van der Waals surface area contributed by atoms with Gasteiger partial charge in [0, 0.05) is 18.2 Å². The van der Waals surface area contributed by atoms with E-state index in [-0.39, 0.29) is 5.75 Å². The molecule has 0 atom stereocenters. The van der Waals surface area contributed by atoms with Crippen molar-refractivity contribution in [1.29, 1.82) is 0 Å². The maximum atomic E-state index is 11.6. The molecule has 0 unspecified atom stereocenters. The average Bonchev–Trinajstić information content (AvgIpc) is 2.92. The number of hydrogen-bond donors (Lipinski definition) is 2. The molecule has 1 aromatic heterocycles. The highest BCUT2D eigenvalue weighted by atomic mass is 32.2. The Morgan fingerprint density at radius 3 is 2.80 bits per heavy atom.